The van der Waals surface area contributed by atoms with Gasteiger partial charge in [0.15, 0.2) is 0 Å². The van der Waals surface area contributed by atoms with E-state index >= 15 is 0 Å². The minimum atomic E-state index is -3.60. The molecule has 0 radical (unpaired) electrons. The van der Waals surface area contributed by atoms with E-state index < -0.39 is 10.0 Å². The smallest absolute Gasteiger partial charge is 0.272 e. The number of rotatable bonds is 5. The van der Waals surface area contributed by atoms with Crippen LogP contribution in [0.1, 0.15) is 0 Å². The highest BCUT2D eigenvalue weighted by atomic mass is 32.2. The molecule has 2 N–H and O–H groups in total. The Kier molecular flexibility index (Phi) is 4.26. The summed E-state index contributed by atoms with van der Waals surface area (Å²) in [6.45, 7) is 0. The van der Waals surface area contributed by atoms with Crippen molar-refractivity contribution in [2.45, 2.75) is 4.21 Å². The van der Waals surface area contributed by atoms with E-state index in [1.807, 2.05) is 0 Å². The maximum absolute atomic E-state index is 12.8. The Bertz CT molecular complexity index is 877. The SMILES string of the molecule is O=S(=O)(Nc1ccc(Nc2ccc(F)cc2)cn1)c1cccs1. The third-order valence-corrected chi connectivity index (χ3v) is 5.65. The van der Waals surface area contributed by atoms with E-state index in [1.54, 1.807) is 35.7 Å². The van der Waals surface area contributed by atoms with E-state index in [9.17, 15) is 12.8 Å². The highest BCUT2D eigenvalue weighted by Crippen LogP contribution is 2.21. The molecule has 118 valence electrons. The fourth-order valence-corrected chi connectivity index (χ4v) is 3.83. The van der Waals surface area contributed by atoms with E-state index in [0.29, 0.717) is 11.4 Å². The van der Waals surface area contributed by atoms with Gasteiger partial charge in [0, 0.05) is 5.69 Å². The second kappa shape index (κ2) is 6.35. The van der Waals surface area contributed by atoms with Gasteiger partial charge in [-0.25, -0.2) is 17.8 Å². The Balaban J connectivity index is 1.71. The molecule has 0 aliphatic heterocycles. The van der Waals surface area contributed by atoms with Crippen molar-refractivity contribution in [3.63, 3.8) is 0 Å². The number of nitrogens with zero attached hydrogens (tertiary/aromatic N) is 1. The third-order valence-electron chi connectivity index (χ3n) is 2.90. The molecule has 8 heteroatoms. The number of nitrogens with one attached hydrogen (secondary N) is 2. The van der Waals surface area contributed by atoms with Gasteiger partial charge >= 0.3 is 0 Å². The third kappa shape index (κ3) is 3.85. The largest absolute Gasteiger partial charge is 0.354 e. The standard InChI is InChI=1S/C15H12FN3O2S2/c16-11-3-5-12(6-4-11)18-13-7-8-14(17-10-13)19-23(20,21)15-2-1-9-22-15/h1-10,18H,(H,17,19). The number of halogens is 1. The van der Waals surface area contributed by atoms with Gasteiger partial charge < -0.3 is 5.32 Å². The summed E-state index contributed by atoms with van der Waals surface area (Å²) in [5.74, 6) is -0.0879. The fourth-order valence-electron chi connectivity index (χ4n) is 1.83. The van der Waals surface area contributed by atoms with Crippen molar-refractivity contribution < 1.29 is 12.8 Å². The Labute approximate surface area is 136 Å². The van der Waals surface area contributed by atoms with Gasteiger partial charge in [0.1, 0.15) is 15.8 Å². The molecule has 5 nitrogen and oxygen atoms in total. The zero-order valence-electron chi connectivity index (χ0n) is 11.7. The molecule has 3 aromatic rings. The lowest BCUT2D eigenvalue weighted by Crippen LogP contribution is -2.12. The first kappa shape index (κ1) is 15.4. The van der Waals surface area contributed by atoms with Gasteiger partial charge in [-0.15, -0.1) is 11.3 Å². The van der Waals surface area contributed by atoms with Gasteiger partial charge in [0.25, 0.3) is 10.0 Å². The molecular weight excluding hydrogens is 337 g/mol. The van der Waals surface area contributed by atoms with E-state index in [4.69, 9.17) is 0 Å². The second-order valence-corrected chi connectivity index (χ2v) is 7.46. The Morgan fingerprint density at radius 1 is 1.00 bits per heavy atom. The molecule has 0 aliphatic carbocycles. The maximum atomic E-state index is 12.8. The molecule has 3 rings (SSSR count). The summed E-state index contributed by atoms with van der Waals surface area (Å²) in [6.07, 6.45) is 1.50. The molecule has 0 saturated carbocycles. The molecule has 23 heavy (non-hydrogen) atoms. The predicted octanol–water partition coefficient (Wildman–Crippen LogP) is 3.83. The van der Waals surface area contributed by atoms with E-state index in [2.05, 4.69) is 15.0 Å². The number of hydrogen-bond acceptors (Lipinski definition) is 5. The number of pyridine rings is 1. The minimum Gasteiger partial charge on any atom is -0.354 e. The van der Waals surface area contributed by atoms with Crippen LogP contribution in [0.3, 0.4) is 0 Å². The molecule has 0 atom stereocenters. The van der Waals surface area contributed by atoms with E-state index in [-0.39, 0.29) is 15.8 Å². The van der Waals surface area contributed by atoms with Crippen molar-refractivity contribution in [2.75, 3.05) is 10.0 Å². The lowest BCUT2D eigenvalue weighted by molar-refractivity contribution is 0.603. The molecule has 1 aromatic carbocycles. The monoisotopic (exact) mass is 349 g/mol. The summed E-state index contributed by atoms with van der Waals surface area (Å²) >= 11 is 1.13. The van der Waals surface area contributed by atoms with Crippen molar-refractivity contribution in [2.24, 2.45) is 0 Å². The quantitative estimate of drug-likeness (QED) is 0.734. The molecule has 0 aliphatic rings. The zero-order valence-corrected chi connectivity index (χ0v) is 13.4. The van der Waals surface area contributed by atoms with Crippen LogP contribution in [0.5, 0.6) is 0 Å². The lowest BCUT2D eigenvalue weighted by atomic mass is 10.3. The number of sulfonamides is 1. The number of aromatic nitrogens is 1. The first-order valence-electron chi connectivity index (χ1n) is 6.58. The van der Waals surface area contributed by atoms with Crippen LogP contribution in [-0.2, 0) is 10.0 Å². The molecule has 0 amide bonds. The highest BCUT2D eigenvalue weighted by Gasteiger charge is 2.15. The van der Waals surface area contributed by atoms with Crippen molar-refractivity contribution in [3.8, 4) is 0 Å². The van der Waals surface area contributed by atoms with Gasteiger partial charge in [0.05, 0.1) is 11.9 Å². The first-order chi connectivity index (χ1) is 11.0. The summed E-state index contributed by atoms with van der Waals surface area (Å²) < 4.78 is 39.6. The topological polar surface area (TPSA) is 71.1 Å². The fraction of sp³-hybridized carbons (Fsp3) is 0. The van der Waals surface area contributed by atoms with Crippen LogP contribution in [0.25, 0.3) is 0 Å². The summed E-state index contributed by atoms with van der Waals surface area (Å²) in [4.78, 5) is 4.07. The van der Waals surface area contributed by atoms with Gasteiger partial charge in [-0.2, -0.15) is 0 Å². The average molecular weight is 349 g/mol. The number of benzene rings is 1. The van der Waals surface area contributed by atoms with Gasteiger partial charge in [-0.3, -0.25) is 4.72 Å². The molecule has 0 fully saturated rings. The Morgan fingerprint density at radius 2 is 1.74 bits per heavy atom. The number of thiophene rings is 1. The van der Waals surface area contributed by atoms with Crippen LogP contribution < -0.4 is 10.0 Å². The van der Waals surface area contributed by atoms with Gasteiger partial charge in [-0.05, 0) is 47.8 Å². The molecule has 2 heterocycles. The summed E-state index contributed by atoms with van der Waals surface area (Å²) in [5, 5.41) is 4.74. The van der Waals surface area contributed by atoms with Crippen molar-refractivity contribution in [1.82, 2.24) is 4.98 Å². The van der Waals surface area contributed by atoms with E-state index in [0.717, 1.165) is 11.3 Å². The minimum absolute atomic E-state index is 0.225. The molecule has 0 bridgehead atoms. The summed E-state index contributed by atoms with van der Waals surface area (Å²) in [7, 11) is -3.60. The van der Waals surface area contributed by atoms with Gasteiger partial charge in [-0.1, -0.05) is 6.07 Å². The van der Waals surface area contributed by atoms with Gasteiger partial charge in [0.2, 0.25) is 0 Å². The van der Waals surface area contributed by atoms with E-state index in [1.165, 1.54) is 24.4 Å². The van der Waals surface area contributed by atoms with Crippen LogP contribution >= 0.6 is 11.3 Å². The number of hydrogen-bond donors (Lipinski definition) is 2. The normalized spacial score (nSPS) is 11.2. The predicted molar refractivity (Wildman–Crippen MR) is 89.0 cm³/mol. The van der Waals surface area contributed by atoms with Crippen LogP contribution in [0.15, 0.2) is 64.3 Å². The number of anilines is 3. The first-order valence-corrected chi connectivity index (χ1v) is 8.94. The maximum Gasteiger partial charge on any atom is 0.272 e. The van der Waals surface area contributed by atoms with Crippen molar-refractivity contribution in [1.29, 1.82) is 0 Å². The Hall–Kier alpha value is -2.45. The Morgan fingerprint density at radius 3 is 2.35 bits per heavy atom. The molecule has 0 saturated heterocycles. The van der Waals surface area contributed by atoms with Crippen molar-refractivity contribution >= 4 is 38.6 Å². The van der Waals surface area contributed by atoms with Crippen LogP contribution in [0.2, 0.25) is 0 Å². The molecular formula is C15H12FN3O2S2. The summed E-state index contributed by atoms with van der Waals surface area (Å²) in [6, 6.07) is 12.3. The van der Waals surface area contributed by atoms with Crippen molar-refractivity contribution in [3.05, 3.63) is 65.9 Å². The molecule has 0 unspecified atom stereocenters. The van der Waals surface area contributed by atoms with Crippen LogP contribution in [0.4, 0.5) is 21.6 Å². The van der Waals surface area contributed by atoms with Crippen LogP contribution in [0, 0.1) is 5.82 Å². The van der Waals surface area contributed by atoms with Crippen LogP contribution in [-0.4, -0.2) is 13.4 Å². The molecule has 0 spiro atoms. The summed E-state index contributed by atoms with van der Waals surface area (Å²) in [5.41, 5.74) is 1.37. The molecule has 2 aromatic heterocycles. The lowest BCUT2D eigenvalue weighted by Gasteiger charge is -2.08. The highest BCUT2D eigenvalue weighted by molar-refractivity contribution is 7.94. The zero-order chi connectivity index (χ0) is 16.3. The second-order valence-electron chi connectivity index (χ2n) is 4.60. The average Bonchev–Trinajstić information content (AvgIpc) is 3.07.